The molecule has 0 unspecified atom stereocenters. The molecular weight excluding hydrogens is 202 g/mol. The van der Waals surface area contributed by atoms with Crippen LogP contribution in [-0.2, 0) is 23.8 Å². The SMILES string of the molecule is COCCOCCCNC(=O)C(=O)OC. The highest BCUT2D eigenvalue weighted by molar-refractivity contribution is 6.32. The zero-order chi connectivity index (χ0) is 11.5. The van der Waals surface area contributed by atoms with E-state index in [1.54, 1.807) is 7.11 Å². The van der Waals surface area contributed by atoms with Gasteiger partial charge in [0.25, 0.3) is 0 Å². The molecule has 0 rings (SSSR count). The summed E-state index contributed by atoms with van der Waals surface area (Å²) in [5, 5.41) is 2.40. The smallest absolute Gasteiger partial charge is 0.396 e. The van der Waals surface area contributed by atoms with Crippen molar-refractivity contribution < 1.29 is 23.8 Å². The Morgan fingerprint density at radius 3 is 2.47 bits per heavy atom. The first-order valence-electron chi connectivity index (χ1n) is 4.65. The standard InChI is InChI=1S/C9H17NO5/c1-13-6-7-15-5-3-4-10-8(11)9(12)14-2/h3-7H2,1-2H3,(H,10,11). The van der Waals surface area contributed by atoms with E-state index in [2.05, 4.69) is 10.1 Å². The van der Waals surface area contributed by atoms with E-state index in [4.69, 9.17) is 9.47 Å². The minimum Gasteiger partial charge on any atom is -0.462 e. The van der Waals surface area contributed by atoms with Crippen LogP contribution in [0.25, 0.3) is 0 Å². The molecule has 0 aromatic heterocycles. The van der Waals surface area contributed by atoms with Crippen molar-refractivity contribution in [2.75, 3.05) is 40.6 Å². The maximum absolute atomic E-state index is 10.9. The van der Waals surface area contributed by atoms with E-state index in [0.29, 0.717) is 32.8 Å². The van der Waals surface area contributed by atoms with Gasteiger partial charge >= 0.3 is 11.9 Å². The summed E-state index contributed by atoms with van der Waals surface area (Å²) in [7, 11) is 2.76. The fourth-order valence-corrected chi connectivity index (χ4v) is 0.785. The number of amides is 1. The van der Waals surface area contributed by atoms with Crippen LogP contribution in [0.4, 0.5) is 0 Å². The van der Waals surface area contributed by atoms with E-state index in [1.807, 2.05) is 0 Å². The second-order valence-electron chi connectivity index (χ2n) is 2.71. The normalized spacial score (nSPS) is 9.73. The Morgan fingerprint density at radius 1 is 1.13 bits per heavy atom. The van der Waals surface area contributed by atoms with Gasteiger partial charge in [0.2, 0.25) is 0 Å². The molecule has 0 spiro atoms. The Bertz CT molecular complexity index is 195. The molecule has 6 nitrogen and oxygen atoms in total. The second kappa shape index (κ2) is 9.42. The zero-order valence-electron chi connectivity index (χ0n) is 9.08. The largest absolute Gasteiger partial charge is 0.462 e. The van der Waals surface area contributed by atoms with E-state index in [0.717, 1.165) is 7.11 Å². The summed E-state index contributed by atoms with van der Waals surface area (Å²) in [4.78, 5) is 21.5. The number of methoxy groups -OCH3 is 2. The molecule has 0 fully saturated rings. The van der Waals surface area contributed by atoms with E-state index >= 15 is 0 Å². The van der Waals surface area contributed by atoms with Gasteiger partial charge < -0.3 is 19.5 Å². The number of hydrogen-bond acceptors (Lipinski definition) is 5. The van der Waals surface area contributed by atoms with Crippen molar-refractivity contribution >= 4 is 11.9 Å². The lowest BCUT2D eigenvalue weighted by Gasteiger charge is -2.04. The molecule has 0 atom stereocenters. The lowest BCUT2D eigenvalue weighted by molar-refractivity contribution is -0.152. The molecule has 0 aromatic rings. The number of ether oxygens (including phenoxy) is 3. The predicted molar refractivity (Wildman–Crippen MR) is 52.3 cm³/mol. The van der Waals surface area contributed by atoms with Crippen molar-refractivity contribution in [1.82, 2.24) is 5.32 Å². The van der Waals surface area contributed by atoms with Crippen molar-refractivity contribution in [3.63, 3.8) is 0 Å². The first kappa shape index (κ1) is 13.9. The maximum atomic E-state index is 10.9. The Kier molecular flexibility index (Phi) is 8.70. The fraction of sp³-hybridized carbons (Fsp3) is 0.778. The quantitative estimate of drug-likeness (QED) is 0.349. The maximum Gasteiger partial charge on any atom is 0.396 e. The Labute approximate surface area is 88.9 Å². The predicted octanol–water partition coefficient (Wildman–Crippen LogP) is -0.671. The van der Waals surface area contributed by atoms with Crippen LogP contribution in [0, 0.1) is 0 Å². The van der Waals surface area contributed by atoms with Crippen LogP contribution >= 0.6 is 0 Å². The molecule has 0 radical (unpaired) electrons. The molecular formula is C9H17NO5. The molecule has 0 aliphatic carbocycles. The third-order valence-corrected chi connectivity index (χ3v) is 1.55. The van der Waals surface area contributed by atoms with Crippen molar-refractivity contribution in [2.45, 2.75) is 6.42 Å². The highest BCUT2D eigenvalue weighted by atomic mass is 16.5. The van der Waals surface area contributed by atoms with Crippen LogP contribution < -0.4 is 5.32 Å². The molecule has 1 N–H and O–H groups in total. The van der Waals surface area contributed by atoms with Gasteiger partial charge in [-0.1, -0.05) is 0 Å². The highest BCUT2D eigenvalue weighted by Gasteiger charge is 2.11. The van der Waals surface area contributed by atoms with Crippen LogP contribution in [0.5, 0.6) is 0 Å². The van der Waals surface area contributed by atoms with Crippen molar-refractivity contribution in [3.8, 4) is 0 Å². The Morgan fingerprint density at radius 2 is 1.87 bits per heavy atom. The topological polar surface area (TPSA) is 73.9 Å². The number of esters is 1. The number of carbonyl (C=O) groups is 2. The lowest BCUT2D eigenvalue weighted by Crippen LogP contribution is -2.32. The van der Waals surface area contributed by atoms with Crippen molar-refractivity contribution in [1.29, 1.82) is 0 Å². The van der Waals surface area contributed by atoms with Gasteiger partial charge in [-0.05, 0) is 6.42 Å². The van der Waals surface area contributed by atoms with Gasteiger partial charge in [0.05, 0.1) is 20.3 Å². The van der Waals surface area contributed by atoms with E-state index < -0.39 is 11.9 Å². The minimum atomic E-state index is -0.879. The summed E-state index contributed by atoms with van der Waals surface area (Å²) < 4.78 is 14.2. The zero-order valence-corrected chi connectivity index (χ0v) is 9.08. The first-order chi connectivity index (χ1) is 7.22. The van der Waals surface area contributed by atoms with Gasteiger partial charge in [-0.2, -0.15) is 0 Å². The molecule has 1 amide bonds. The van der Waals surface area contributed by atoms with Crippen LogP contribution in [0.15, 0.2) is 0 Å². The van der Waals surface area contributed by atoms with Crippen LogP contribution in [0.1, 0.15) is 6.42 Å². The Hall–Kier alpha value is -1.14. The Balaban J connectivity index is 3.24. The van der Waals surface area contributed by atoms with Crippen molar-refractivity contribution in [3.05, 3.63) is 0 Å². The molecule has 0 aromatic carbocycles. The van der Waals surface area contributed by atoms with Crippen molar-refractivity contribution in [2.24, 2.45) is 0 Å². The molecule has 0 bridgehead atoms. The van der Waals surface area contributed by atoms with Crippen LogP contribution in [0.3, 0.4) is 0 Å². The van der Waals surface area contributed by atoms with Gasteiger partial charge in [0, 0.05) is 20.3 Å². The van der Waals surface area contributed by atoms with Gasteiger partial charge in [0.15, 0.2) is 0 Å². The molecule has 0 heterocycles. The van der Waals surface area contributed by atoms with Crippen LogP contribution in [0.2, 0.25) is 0 Å². The molecule has 0 aliphatic heterocycles. The van der Waals surface area contributed by atoms with E-state index in [-0.39, 0.29) is 0 Å². The average Bonchev–Trinajstić information content (AvgIpc) is 2.26. The first-order valence-corrected chi connectivity index (χ1v) is 4.65. The van der Waals surface area contributed by atoms with E-state index in [1.165, 1.54) is 0 Å². The number of rotatable bonds is 7. The van der Waals surface area contributed by atoms with Gasteiger partial charge in [-0.3, -0.25) is 4.79 Å². The molecule has 88 valence electrons. The van der Waals surface area contributed by atoms with Gasteiger partial charge in [0.1, 0.15) is 0 Å². The summed E-state index contributed by atoms with van der Waals surface area (Å²) in [6.07, 6.45) is 0.645. The molecule has 15 heavy (non-hydrogen) atoms. The minimum absolute atomic E-state index is 0.390. The van der Waals surface area contributed by atoms with E-state index in [9.17, 15) is 9.59 Å². The van der Waals surface area contributed by atoms with Gasteiger partial charge in [-0.15, -0.1) is 0 Å². The average molecular weight is 219 g/mol. The summed E-state index contributed by atoms with van der Waals surface area (Å²) in [5.41, 5.74) is 0. The fourth-order valence-electron chi connectivity index (χ4n) is 0.785. The van der Waals surface area contributed by atoms with Gasteiger partial charge in [-0.25, -0.2) is 4.79 Å². The summed E-state index contributed by atoms with van der Waals surface area (Å²) >= 11 is 0. The summed E-state index contributed by atoms with van der Waals surface area (Å²) in [5.74, 6) is -1.61. The third kappa shape index (κ3) is 7.90. The molecule has 6 heteroatoms. The summed E-state index contributed by atoms with van der Waals surface area (Å²) in [6.45, 7) is 1.99. The molecule has 0 saturated carbocycles. The molecule has 0 aliphatic rings. The highest BCUT2D eigenvalue weighted by Crippen LogP contribution is 1.82. The number of hydrogen-bond donors (Lipinski definition) is 1. The molecule has 0 saturated heterocycles. The monoisotopic (exact) mass is 219 g/mol. The third-order valence-electron chi connectivity index (χ3n) is 1.55. The van der Waals surface area contributed by atoms with Crippen LogP contribution in [-0.4, -0.2) is 52.5 Å². The number of nitrogens with one attached hydrogen (secondary N) is 1. The summed E-state index contributed by atoms with van der Waals surface area (Å²) in [6, 6.07) is 0. The number of carbonyl (C=O) groups excluding carboxylic acids is 2. The lowest BCUT2D eigenvalue weighted by atomic mass is 10.4. The second-order valence-corrected chi connectivity index (χ2v) is 2.71.